The summed E-state index contributed by atoms with van der Waals surface area (Å²) >= 11 is 1.57. The van der Waals surface area contributed by atoms with E-state index in [9.17, 15) is 4.39 Å². The Balaban J connectivity index is 2.19. The highest BCUT2D eigenvalue weighted by Gasteiger charge is 2.07. The van der Waals surface area contributed by atoms with E-state index in [2.05, 4.69) is 4.98 Å². The Bertz CT molecular complexity index is 550. The number of benzene rings is 1. The third-order valence-electron chi connectivity index (χ3n) is 2.41. The topological polar surface area (TPSA) is 48.1 Å². The number of aryl methyl sites for hydroxylation is 1. The number of ether oxygens (including phenoxy) is 1. The number of halogens is 1. The second-order valence-corrected chi connectivity index (χ2v) is 4.45. The van der Waals surface area contributed by atoms with Gasteiger partial charge >= 0.3 is 0 Å². The fourth-order valence-corrected chi connectivity index (χ4v) is 2.27. The summed E-state index contributed by atoms with van der Waals surface area (Å²) in [5, 5.41) is 0. The van der Waals surface area contributed by atoms with Gasteiger partial charge in [-0.3, -0.25) is 0 Å². The number of hydrogen-bond acceptors (Lipinski definition) is 4. The Hall–Kier alpha value is -1.46. The standard InChI is InChI=1S/C12H13FN2OS/c1-8-10(16-6-9(13)4-5-14)2-3-11-12(8)15-7-17-11/h2-4,7H,5-6,14H2,1H3/b9-4+. The van der Waals surface area contributed by atoms with E-state index in [4.69, 9.17) is 10.5 Å². The van der Waals surface area contributed by atoms with Gasteiger partial charge in [-0.05, 0) is 25.1 Å². The summed E-state index contributed by atoms with van der Waals surface area (Å²) in [7, 11) is 0. The number of nitrogens with zero attached hydrogens (tertiary/aromatic N) is 1. The van der Waals surface area contributed by atoms with E-state index >= 15 is 0 Å². The third kappa shape index (κ3) is 2.62. The van der Waals surface area contributed by atoms with Crippen LogP contribution in [-0.4, -0.2) is 18.1 Å². The molecule has 0 saturated carbocycles. The van der Waals surface area contributed by atoms with Gasteiger partial charge in [0.05, 0.1) is 15.7 Å². The molecule has 1 aromatic heterocycles. The number of rotatable bonds is 4. The second-order valence-electron chi connectivity index (χ2n) is 3.56. The van der Waals surface area contributed by atoms with Gasteiger partial charge < -0.3 is 10.5 Å². The van der Waals surface area contributed by atoms with Crippen molar-refractivity contribution < 1.29 is 9.13 Å². The largest absolute Gasteiger partial charge is 0.486 e. The van der Waals surface area contributed by atoms with Gasteiger partial charge in [0.2, 0.25) is 0 Å². The molecule has 3 nitrogen and oxygen atoms in total. The SMILES string of the molecule is Cc1c(OC/C(F)=C\CN)ccc2scnc12. The number of hydrogen-bond donors (Lipinski definition) is 1. The van der Waals surface area contributed by atoms with Crippen LogP contribution in [0.5, 0.6) is 5.75 Å². The van der Waals surface area contributed by atoms with Gasteiger partial charge in [0.25, 0.3) is 0 Å². The number of nitrogens with two attached hydrogens (primary N) is 1. The second kappa shape index (κ2) is 5.25. The summed E-state index contributed by atoms with van der Waals surface area (Å²) in [6.07, 6.45) is 1.30. The van der Waals surface area contributed by atoms with Gasteiger partial charge in [-0.15, -0.1) is 11.3 Å². The normalized spacial score (nSPS) is 12.1. The van der Waals surface area contributed by atoms with Crippen LogP contribution in [0.25, 0.3) is 10.2 Å². The monoisotopic (exact) mass is 252 g/mol. The Morgan fingerprint density at radius 2 is 2.41 bits per heavy atom. The molecule has 0 amide bonds. The maximum absolute atomic E-state index is 13.1. The van der Waals surface area contributed by atoms with Crippen LogP contribution in [-0.2, 0) is 0 Å². The van der Waals surface area contributed by atoms with E-state index in [-0.39, 0.29) is 19.0 Å². The first-order valence-electron chi connectivity index (χ1n) is 5.22. The molecular weight excluding hydrogens is 239 g/mol. The van der Waals surface area contributed by atoms with Crippen molar-refractivity contribution in [2.24, 2.45) is 5.73 Å². The molecule has 0 radical (unpaired) electrons. The molecule has 5 heteroatoms. The van der Waals surface area contributed by atoms with Gasteiger partial charge in [-0.2, -0.15) is 0 Å². The predicted octanol–water partition coefficient (Wildman–Crippen LogP) is 2.80. The fourth-order valence-electron chi connectivity index (χ4n) is 1.54. The minimum Gasteiger partial charge on any atom is -0.486 e. The molecule has 0 unspecified atom stereocenters. The van der Waals surface area contributed by atoms with Crippen molar-refractivity contribution in [3.63, 3.8) is 0 Å². The molecule has 0 bridgehead atoms. The summed E-state index contributed by atoms with van der Waals surface area (Å²) in [6, 6.07) is 3.77. The summed E-state index contributed by atoms with van der Waals surface area (Å²) in [5.41, 5.74) is 8.84. The molecule has 2 rings (SSSR count). The summed E-state index contributed by atoms with van der Waals surface area (Å²) in [6.45, 7) is 2.01. The van der Waals surface area contributed by atoms with Crippen LogP contribution in [0.2, 0.25) is 0 Å². The van der Waals surface area contributed by atoms with Crippen LogP contribution in [0, 0.1) is 6.92 Å². The highest BCUT2D eigenvalue weighted by Crippen LogP contribution is 2.28. The Kier molecular flexibility index (Phi) is 3.71. The van der Waals surface area contributed by atoms with Crippen LogP contribution < -0.4 is 10.5 Å². The zero-order chi connectivity index (χ0) is 12.3. The predicted molar refractivity (Wildman–Crippen MR) is 68.1 cm³/mol. The fraction of sp³-hybridized carbons (Fsp3) is 0.250. The molecule has 0 aliphatic rings. The molecule has 17 heavy (non-hydrogen) atoms. The van der Waals surface area contributed by atoms with E-state index in [0.29, 0.717) is 5.75 Å². The maximum atomic E-state index is 13.1. The lowest BCUT2D eigenvalue weighted by atomic mass is 10.2. The minimum absolute atomic E-state index is 0.0896. The van der Waals surface area contributed by atoms with E-state index < -0.39 is 0 Å². The number of thiazole rings is 1. The van der Waals surface area contributed by atoms with E-state index in [0.717, 1.165) is 15.8 Å². The van der Waals surface area contributed by atoms with Gasteiger partial charge in [0.1, 0.15) is 18.2 Å². The Labute approximate surface area is 103 Å². The summed E-state index contributed by atoms with van der Waals surface area (Å²) in [4.78, 5) is 4.25. The van der Waals surface area contributed by atoms with E-state index in [1.807, 2.05) is 19.1 Å². The molecule has 1 heterocycles. The molecular formula is C12H13FN2OS. The van der Waals surface area contributed by atoms with Crippen LogP contribution in [0.3, 0.4) is 0 Å². The molecule has 0 saturated heterocycles. The van der Waals surface area contributed by atoms with Gasteiger partial charge in [-0.25, -0.2) is 9.37 Å². The van der Waals surface area contributed by atoms with Crippen molar-refractivity contribution in [3.8, 4) is 5.75 Å². The van der Waals surface area contributed by atoms with Gasteiger partial charge in [0.15, 0.2) is 0 Å². The minimum atomic E-state index is -0.356. The quantitative estimate of drug-likeness (QED) is 0.910. The van der Waals surface area contributed by atoms with Crippen molar-refractivity contribution in [1.82, 2.24) is 4.98 Å². The average molecular weight is 252 g/mol. The molecule has 2 aromatic rings. The zero-order valence-corrected chi connectivity index (χ0v) is 10.3. The number of fused-ring (bicyclic) bond motifs is 1. The van der Waals surface area contributed by atoms with Crippen molar-refractivity contribution in [2.75, 3.05) is 13.2 Å². The number of aromatic nitrogens is 1. The molecule has 0 spiro atoms. The van der Waals surface area contributed by atoms with E-state index in [1.165, 1.54) is 6.08 Å². The first-order valence-corrected chi connectivity index (χ1v) is 6.10. The lowest BCUT2D eigenvalue weighted by Gasteiger charge is -2.08. The van der Waals surface area contributed by atoms with Gasteiger partial charge in [-0.1, -0.05) is 0 Å². The van der Waals surface area contributed by atoms with Crippen molar-refractivity contribution in [2.45, 2.75) is 6.92 Å². The molecule has 2 N–H and O–H groups in total. The van der Waals surface area contributed by atoms with Crippen LogP contribution in [0.1, 0.15) is 5.56 Å². The lowest BCUT2D eigenvalue weighted by molar-refractivity contribution is 0.317. The maximum Gasteiger partial charge on any atom is 0.139 e. The lowest BCUT2D eigenvalue weighted by Crippen LogP contribution is -2.02. The third-order valence-corrected chi connectivity index (χ3v) is 3.20. The highest BCUT2D eigenvalue weighted by atomic mass is 32.1. The average Bonchev–Trinajstić information content (AvgIpc) is 2.77. The van der Waals surface area contributed by atoms with E-state index in [1.54, 1.807) is 16.8 Å². The van der Waals surface area contributed by atoms with Crippen LogP contribution in [0.15, 0.2) is 29.5 Å². The molecule has 0 aliphatic carbocycles. The van der Waals surface area contributed by atoms with Crippen LogP contribution >= 0.6 is 11.3 Å². The first-order chi connectivity index (χ1) is 8.22. The van der Waals surface area contributed by atoms with Crippen molar-refractivity contribution in [1.29, 1.82) is 0 Å². The molecule has 90 valence electrons. The summed E-state index contributed by atoms with van der Waals surface area (Å²) in [5.74, 6) is 0.300. The van der Waals surface area contributed by atoms with Crippen LogP contribution in [0.4, 0.5) is 4.39 Å². The smallest absolute Gasteiger partial charge is 0.139 e. The summed E-state index contributed by atoms with van der Waals surface area (Å²) < 4.78 is 19.6. The van der Waals surface area contributed by atoms with Crippen molar-refractivity contribution in [3.05, 3.63) is 35.1 Å². The highest BCUT2D eigenvalue weighted by molar-refractivity contribution is 7.16. The molecule has 0 aliphatic heterocycles. The van der Waals surface area contributed by atoms with Gasteiger partial charge in [0, 0.05) is 12.1 Å². The molecule has 1 aromatic carbocycles. The van der Waals surface area contributed by atoms with Crippen molar-refractivity contribution >= 4 is 21.6 Å². The Morgan fingerprint density at radius 1 is 1.59 bits per heavy atom. The Morgan fingerprint density at radius 3 is 3.18 bits per heavy atom. The molecule has 0 fully saturated rings. The zero-order valence-electron chi connectivity index (χ0n) is 9.44. The first kappa shape index (κ1) is 12.0. The molecule has 0 atom stereocenters.